The lowest BCUT2D eigenvalue weighted by Gasteiger charge is -2.21. The van der Waals surface area contributed by atoms with Crippen LogP contribution < -0.4 is 11.1 Å². The van der Waals surface area contributed by atoms with Crippen LogP contribution in [0.2, 0.25) is 0 Å². The number of hydrogen-bond donors (Lipinski definition) is 2. The molecule has 21 heavy (non-hydrogen) atoms. The van der Waals surface area contributed by atoms with E-state index < -0.39 is 0 Å². The van der Waals surface area contributed by atoms with Crippen LogP contribution in [0, 0.1) is 5.92 Å². The summed E-state index contributed by atoms with van der Waals surface area (Å²) in [6.07, 6.45) is 6.03. The van der Waals surface area contributed by atoms with Crippen molar-refractivity contribution in [3.63, 3.8) is 0 Å². The quantitative estimate of drug-likeness (QED) is 0.890. The minimum Gasteiger partial charge on any atom is -0.326 e. The van der Waals surface area contributed by atoms with E-state index in [0.29, 0.717) is 6.54 Å². The van der Waals surface area contributed by atoms with Crippen LogP contribution in [0.4, 0.5) is 10.5 Å². The van der Waals surface area contributed by atoms with Gasteiger partial charge in [-0.05, 0) is 42.9 Å². The van der Waals surface area contributed by atoms with Gasteiger partial charge in [0.25, 0.3) is 0 Å². The zero-order valence-electron chi connectivity index (χ0n) is 13.0. The zero-order chi connectivity index (χ0) is 15.1. The van der Waals surface area contributed by atoms with Gasteiger partial charge < -0.3 is 16.0 Å². The van der Waals surface area contributed by atoms with Crippen LogP contribution in [-0.2, 0) is 6.54 Å². The average molecular weight is 289 g/mol. The molecule has 0 bridgehead atoms. The van der Waals surface area contributed by atoms with E-state index in [-0.39, 0.29) is 6.03 Å². The van der Waals surface area contributed by atoms with Gasteiger partial charge in [-0.3, -0.25) is 0 Å². The third kappa shape index (κ3) is 4.74. The molecule has 0 spiro atoms. The third-order valence-electron chi connectivity index (χ3n) is 4.27. The number of nitrogens with zero attached hydrogens (tertiary/aromatic N) is 1. The van der Waals surface area contributed by atoms with E-state index >= 15 is 0 Å². The van der Waals surface area contributed by atoms with E-state index in [4.69, 9.17) is 5.73 Å². The molecule has 2 rings (SSSR count). The van der Waals surface area contributed by atoms with E-state index in [2.05, 4.69) is 12.2 Å². The van der Waals surface area contributed by atoms with Gasteiger partial charge in [0.1, 0.15) is 0 Å². The van der Waals surface area contributed by atoms with Crippen LogP contribution in [0.5, 0.6) is 0 Å². The first-order valence-corrected chi connectivity index (χ1v) is 8.08. The summed E-state index contributed by atoms with van der Waals surface area (Å²) in [6, 6.07) is 7.76. The Morgan fingerprint density at radius 3 is 2.71 bits per heavy atom. The molecule has 3 N–H and O–H groups in total. The van der Waals surface area contributed by atoms with Gasteiger partial charge >= 0.3 is 6.03 Å². The molecule has 1 aliphatic heterocycles. The molecule has 1 heterocycles. The second-order valence-corrected chi connectivity index (χ2v) is 5.90. The molecule has 1 aromatic rings. The maximum absolute atomic E-state index is 12.3. The van der Waals surface area contributed by atoms with Gasteiger partial charge in [-0.1, -0.05) is 31.9 Å². The Morgan fingerprint density at radius 1 is 1.29 bits per heavy atom. The van der Waals surface area contributed by atoms with Crippen molar-refractivity contribution < 1.29 is 4.79 Å². The van der Waals surface area contributed by atoms with E-state index in [1.165, 1.54) is 19.3 Å². The number of carbonyl (C=O) groups is 1. The highest BCUT2D eigenvalue weighted by molar-refractivity contribution is 5.89. The number of carbonyl (C=O) groups excluding carboxylic acids is 1. The van der Waals surface area contributed by atoms with Crippen molar-refractivity contribution in [1.82, 2.24) is 4.90 Å². The molecule has 1 atom stereocenters. The summed E-state index contributed by atoms with van der Waals surface area (Å²) in [5.74, 6) is 0.789. The van der Waals surface area contributed by atoms with Crippen molar-refractivity contribution in [2.45, 2.75) is 45.6 Å². The SMILES string of the molecule is CCCC1CCCN(C(=O)Nc2ccc(CN)cc2)CC1. The highest BCUT2D eigenvalue weighted by Crippen LogP contribution is 2.22. The highest BCUT2D eigenvalue weighted by atomic mass is 16.2. The summed E-state index contributed by atoms with van der Waals surface area (Å²) in [6.45, 7) is 4.50. The van der Waals surface area contributed by atoms with Crippen LogP contribution in [0.1, 0.15) is 44.6 Å². The second kappa shape index (κ2) is 8.03. The van der Waals surface area contributed by atoms with Gasteiger partial charge in [0.2, 0.25) is 0 Å². The number of nitrogens with one attached hydrogen (secondary N) is 1. The Kier molecular flexibility index (Phi) is 6.05. The summed E-state index contributed by atoms with van der Waals surface area (Å²) in [7, 11) is 0. The number of urea groups is 1. The fourth-order valence-corrected chi connectivity index (χ4v) is 2.99. The first-order valence-electron chi connectivity index (χ1n) is 8.08. The zero-order valence-corrected chi connectivity index (χ0v) is 13.0. The predicted molar refractivity (Wildman–Crippen MR) is 87.2 cm³/mol. The largest absolute Gasteiger partial charge is 0.326 e. The Hall–Kier alpha value is -1.55. The Balaban J connectivity index is 1.87. The van der Waals surface area contributed by atoms with Crippen LogP contribution in [0.3, 0.4) is 0 Å². The van der Waals surface area contributed by atoms with E-state index in [0.717, 1.165) is 43.1 Å². The van der Waals surface area contributed by atoms with Crippen LogP contribution in [0.15, 0.2) is 24.3 Å². The topological polar surface area (TPSA) is 58.4 Å². The first kappa shape index (κ1) is 15.8. The number of hydrogen-bond acceptors (Lipinski definition) is 2. The third-order valence-corrected chi connectivity index (χ3v) is 4.27. The van der Waals surface area contributed by atoms with Crippen molar-refractivity contribution in [2.24, 2.45) is 11.7 Å². The van der Waals surface area contributed by atoms with Crippen molar-refractivity contribution in [3.05, 3.63) is 29.8 Å². The summed E-state index contributed by atoms with van der Waals surface area (Å²) in [5, 5.41) is 2.98. The number of likely N-dealkylation sites (tertiary alicyclic amines) is 1. The molecule has 2 amide bonds. The number of benzene rings is 1. The number of rotatable bonds is 4. The summed E-state index contributed by atoms with van der Waals surface area (Å²) < 4.78 is 0. The monoisotopic (exact) mass is 289 g/mol. The number of anilines is 1. The van der Waals surface area contributed by atoms with Gasteiger partial charge in [-0.2, -0.15) is 0 Å². The fraction of sp³-hybridized carbons (Fsp3) is 0.588. The van der Waals surface area contributed by atoms with Crippen molar-refractivity contribution in [3.8, 4) is 0 Å². The molecule has 1 fully saturated rings. The summed E-state index contributed by atoms with van der Waals surface area (Å²) in [5.41, 5.74) is 7.49. The van der Waals surface area contributed by atoms with E-state index in [1.54, 1.807) is 0 Å². The van der Waals surface area contributed by atoms with Gasteiger partial charge in [-0.15, -0.1) is 0 Å². The molecule has 1 unspecified atom stereocenters. The molecule has 1 aromatic carbocycles. The van der Waals surface area contributed by atoms with E-state index in [1.807, 2.05) is 29.2 Å². The molecule has 0 saturated carbocycles. The Bertz CT molecular complexity index is 444. The molecule has 4 heteroatoms. The lowest BCUT2D eigenvalue weighted by molar-refractivity contribution is 0.213. The lowest BCUT2D eigenvalue weighted by atomic mass is 9.96. The second-order valence-electron chi connectivity index (χ2n) is 5.90. The summed E-state index contributed by atoms with van der Waals surface area (Å²) >= 11 is 0. The lowest BCUT2D eigenvalue weighted by Crippen LogP contribution is -2.35. The molecule has 0 aromatic heterocycles. The Labute approximate surface area is 127 Å². The van der Waals surface area contributed by atoms with Crippen LogP contribution >= 0.6 is 0 Å². The van der Waals surface area contributed by atoms with Crippen molar-refractivity contribution in [1.29, 1.82) is 0 Å². The molecule has 1 aliphatic rings. The fourth-order valence-electron chi connectivity index (χ4n) is 2.99. The highest BCUT2D eigenvalue weighted by Gasteiger charge is 2.20. The Morgan fingerprint density at radius 2 is 2.05 bits per heavy atom. The molecular formula is C17H27N3O. The van der Waals surface area contributed by atoms with E-state index in [9.17, 15) is 4.79 Å². The molecule has 116 valence electrons. The minimum atomic E-state index is 0.0210. The van der Waals surface area contributed by atoms with Gasteiger partial charge in [0.15, 0.2) is 0 Å². The van der Waals surface area contributed by atoms with Crippen molar-refractivity contribution in [2.75, 3.05) is 18.4 Å². The molecule has 4 nitrogen and oxygen atoms in total. The minimum absolute atomic E-state index is 0.0210. The molecule has 0 radical (unpaired) electrons. The smallest absolute Gasteiger partial charge is 0.321 e. The first-order chi connectivity index (χ1) is 10.2. The normalized spacial score (nSPS) is 19.1. The number of amides is 2. The summed E-state index contributed by atoms with van der Waals surface area (Å²) in [4.78, 5) is 14.3. The van der Waals surface area contributed by atoms with Crippen molar-refractivity contribution >= 4 is 11.7 Å². The van der Waals surface area contributed by atoms with Gasteiger partial charge in [0.05, 0.1) is 0 Å². The standard InChI is InChI=1S/C17H27N3O/c1-2-4-14-5-3-11-20(12-10-14)17(21)19-16-8-6-15(13-18)7-9-16/h6-9,14H,2-5,10-13,18H2,1H3,(H,19,21). The van der Waals surface area contributed by atoms with Gasteiger partial charge in [0, 0.05) is 25.3 Å². The maximum Gasteiger partial charge on any atom is 0.321 e. The molecule has 0 aliphatic carbocycles. The predicted octanol–water partition coefficient (Wildman–Crippen LogP) is 3.58. The number of nitrogens with two attached hydrogens (primary N) is 1. The molecule has 1 saturated heterocycles. The van der Waals surface area contributed by atoms with Crippen LogP contribution in [0.25, 0.3) is 0 Å². The molecular weight excluding hydrogens is 262 g/mol. The maximum atomic E-state index is 12.3. The van der Waals surface area contributed by atoms with Gasteiger partial charge in [-0.25, -0.2) is 4.79 Å². The average Bonchev–Trinajstić information content (AvgIpc) is 2.74. The van der Waals surface area contributed by atoms with Crippen LogP contribution in [-0.4, -0.2) is 24.0 Å².